The maximum atomic E-state index is 10.5. The highest BCUT2D eigenvalue weighted by Gasteiger charge is 2.13. The van der Waals surface area contributed by atoms with E-state index in [1.54, 1.807) is 13.0 Å². The molecule has 88 valence electrons. The molecule has 0 heterocycles. The average molecular weight is 308 g/mol. The molecular formula is C11H12BrClO3. The predicted octanol–water partition coefficient (Wildman–Crippen LogP) is 3.65. The molecule has 0 aliphatic rings. The number of hydrogen-bond acceptors (Lipinski definition) is 2. The monoisotopic (exact) mass is 306 g/mol. The van der Waals surface area contributed by atoms with Crippen LogP contribution < -0.4 is 4.74 Å². The van der Waals surface area contributed by atoms with Crippen molar-refractivity contribution in [2.75, 3.05) is 0 Å². The third-order valence-corrected chi connectivity index (χ3v) is 2.71. The summed E-state index contributed by atoms with van der Waals surface area (Å²) in [6.07, 6.45) is -0.457. The summed E-state index contributed by atoms with van der Waals surface area (Å²) in [6.45, 7) is 3.56. The number of aliphatic carboxylic acids is 1. The summed E-state index contributed by atoms with van der Waals surface area (Å²) in [5.74, 6) is -0.350. The molecule has 16 heavy (non-hydrogen) atoms. The number of ether oxygens (including phenoxy) is 1. The Morgan fingerprint density at radius 3 is 2.75 bits per heavy atom. The van der Waals surface area contributed by atoms with Crippen LogP contribution in [0.15, 0.2) is 16.6 Å². The lowest BCUT2D eigenvalue weighted by Gasteiger charge is -2.16. The first kappa shape index (κ1) is 13.3. The van der Waals surface area contributed by atoms with Crippen molar-refractivity contribution in [2.45, 2.75) is 26.4 Å². The predicted molar refractivity (Wildman–Crippen MR) is 66.2 cm³/mol. The molecule has 0 saturated heterocycles. The van der Waals surface area contributed by atoms with E-state index >= 15 is 0 Å². The average Bonchev–Trinajstić information content (AvgIpc) is 2.09. The maximum absolute atomic E-state index is 10.5. The molecule has 5 heteroatoms. The van der Waals surface area contributed by atoms with Gasteiger partial charge in [-0.3, -0.25) is 4.79 Å². The fraction of sp³-hybridized carbons (Fsp3) is 0.364. The quantitative estimate of drug-likeness (QED) is 0.923. The molecule has 1 atom stereocenters. The highest BCUT2D eigenvalue weighted by Crippen LogP contribution is 2.32. The molecule has 1 N–H and O–H groups in total. The van der Waals surface area contributed by atoms with Crippen LogP contribution in [0, 0.1) is 6.92 Å². The summed E-state index contributed by atoms with van der Waals surface area (Å²) in [5, 5.41) is 9.10. The van der Waals surface area contributed by atoms with Crippen molar-refractivity contribution in [3.63, 3.8) is 0 Å². The molecule has 0 aromatic heterocycles. The minimum absolute atomic E-state index is 0.0498. The molecular weight excluding hydrogens is 295 g/mol. The van der Waals surface area contributed by atoms with Gasteiger partial charge >= 0.3 is 5.97 Å². The summed E-state index contributed by atoms with van der Waals surface area (Å²) < 4.78 is 6.38. The molecule has 1 rings (SSSR count). The van der Waals surface area contributed by atoms with E-state index in [0.717, 1.165) is 10.0 Å². The van der Waals surface area contributed by atoms with E-state index in [4.69, 9.17) is 21.4 Å². The molecule has 0 bridgehead atoms. The minimum atomic E-state index is -0.890. The van der Waals surface area contributed by atoms with E-state index in [1.165, 1.54) is 0 Å². The van der Waals surface area contributed by atoms with Gasteiger partial charge in [0.1, 0.15) is 11.9 Å². The van der Waals surface area contributed by atoms with Crippen molar-refractivity contribution < 1.29 is 14.6 Å². The van der Waals surface area contributed by atoms with E-state index < -0.39 is 12.1 Å². The van der Waals surface area contributed by atoms with Gasteiger partial charge in [0.2, 0.25) is 0 Å². The number of carboxylic acids is 1. The van der Waals surface area contributed by atoms with Crippen LogP contribution in [-0.2, 0) is 4.79 Å². The Hall–Kier alpha value is -0.740. The second-order valence-electron chi connectivity index (χ2n) is 3.56. The van der Waals surface area contributed by atoms with Crippen LogP contribution in [0.25, 0.3) is 0 Å². The zero-order chi connectivity index (χ0) is 12.3. The Morgan fingerprint density at radius 1 is 1.62 bits per heavy atom. The fourth-order valence-electron chi connectivity index (χ4n) is 1.33. The van der Waals surface area contributed by atoms with Crippen LogP contribution in [0.1, 0.15) is 18.9 Å². The molecule has 0 amide bonds. The second kappa shape index (κ2) is 5.55. The third kappa shape index (κ3) is 3.68. The standard InChI is InChI=1S/C11H12BrClO3/c1-6-3-8(12)5-9(13)11(6)16-7(2)4-10(14)15/h3,5,7H,4H2,1-2H3,(H,14,15). The molecule has 1 aromatic rings. The Balaban J connectivity index is 2.85. The molecule has 3 nitrogen and oxygen atoms in total. The van der Waals surface area contributed by atoms with Crippen molar-refractivity contribution in [3.05, 3.63) is 27.2 Å². The number of benzene rings is 1. The number of halogens is 2. The summed E-state index contributed by atoms with van der Waals surface area (Å²) in [4.78, 5) is 10.5. The lowest BCUT2D eigenvalue weighted by Crippen LogP contribution is -2.17. The summed E-state index contributed by atoms with van der Waals surface area (Å²) in [6, 6.07) is 3.59. The molecule has 1 unspecified atom stereocenters. The highest BCUT2D eigenvalue weighted by atomic mass is 79.9. The lowest BCUT2D eigenvalue weighted by atomic mass is 10.2. The minimum Gasteiger partial charge on any atom is -0.488 e. The Labute approximate surface area is 107 Å². The lowest BCUT2D eigenvalue weighted by molar-refractivity contribution is -0.138. The highest BCUT2D eigenvalue weighted by molar-refractivity contribution is 9.10. The van der Waals surface area contributed by atoms with Gasteiger partial charge in [0.25, 0.3) is 0 Å². The van der Waals surface area contributed by atoms with Crippen LogP contribution in [-0.4, -0.2) is 17.2 Å². The van der Waals surface area contributed by atoms with Crippen LogP contribution in [0.2, 0.25) is 5.02 Å². The first-order valence-corrected chi connectivity index (χ1v) is 5.91. The number of carboxylic acid groups (broad SMARTS) is 1. The summed E-state index contributed by atoms with van der Waals surface area (Å²) in [7, 11) is 0. The van der Waals surface area contributed by atoms with Gasteiger partial charge in [-0.25, -0.2) is 0 Å². The Bertz CT molecular complexity index is 383. The van der Waals surface area contributed by atoms with Gasteiger partial charge in [-0.05, 0) is 31.5 Å². The summed E-state index contributed by atoms with van der Waals surface area (Å²) >= 11 is 9.33. The fourth-order valence-corrected chi connectivity index (χ4v) is 2.34. The van der Waals surface area contributed by atoms with Crippen molar-refractivity contribution in [1.82, 2.24) is 0 Å². The number of hydrogen-bond donors (Lipinski definition) is 1. The van der Waals surface area contributed by atoms with Gasteiger partial charge in [0.15, 0.2) is 0 Å². The Morgan fingerprint density at radius 2 is 2.25 bits per heavy atom. The van der Waals surface area contributed by atoms with Crippen LogP contribution in [0.5, 0.6) is 5.75 Å². The zero-order valence-electron chi connectivity index (χ0n) is 8.96. The molecule has 1 aromatic carbocycles. The van der Waals surface area contributed by atoms with Crippen LogP contribution >= 0.6 is 27.5 Å². The van der Waals surface area contributed by atoms with Gasteiger partial charge in [-0.2, -0.15) is 0 Å². The second-order valence-corrected chi connectivity index (χ2v) is 4.88. The first-order valence-electron chi connectivity index (χ1n) is 4.74. The zero-order valence-corrected chi connectivity index (χ0v) is 11.3. The van der Waals surface area contributed by atoms with Gasteiger partial charge in [0, 0.05) is 4.47 Å². The smallest absolute Gasteiger partial charge is 0.307 e. The SMILES string of the molecule is Cc1cc(Br)cc(Cl)c1OC(C)CC(=O)O. The van der Waals surface area contributed by atoms with E-state index in [1.807, 2.05) is 13.0 Å². The van der Waals surface area contributed by atoms with Crippen molar-refractivity contribution in [3.8, 4) is 5.75 Å². The van der Waals surface area contributed by atoms with E-state index in [2.05, 4.69) is 15.9 Å². The molecule has 0 fully saturated rings. The van der Waals surface area contributed by atoms with Crippen molar-refractivity contribution in [2.24, 2.45) is 0 Å². The van der Waals surface area contributed by atoms with Gasteiger partial charge in [0.05, 0.1) is 11.4 Å². The largest absolute Gasteiger partial charge is 0.488 e. The Kier molecular flexibility index (Phi) is 4.62. The maximum Gasteiger partial charge on any atom is 0.307 e. The molecule has 0 aliphatic heterocycles. The molecule has 0 aliphatic carbocycles. The third-order valence-electron chi connectivity index (χ3n) is 1.98. The molecule has 0 spiro atoms. The van der Waals surface area contributed by atoms with Crippen LogP contribution in [0.3, 0.4) is 0 Å². The number of carbonyl (C=O) groups is 1. The number of rotatable bonds is 4. The number of aryl methyl sites for hydroxylation is 1. The topological polar surface area (TPSA) is 46.5 Å². The van der Waals surface area contributed by atoms with E-state index in [-0.39, 0.29) is 6.42 Å². The summed E-state index contributed by atoms with van der Waals surface area (Å²) in [5.41, 5.74) is 0.872. The van der Waals surface area contributed by atoms with Gasteiger partial charge < -0.3 is 9.84 Å². The van der Waals surface area contributed by atoms with Gasteiger partial charge in [-0.1, -0.05) is 27.5 Å². The van der Waals surface area contributed by atoms with Crippen LogP contribution in [0.4, 0.5) is 0 Å². The van der Waals surface area contributed by atoms with E-state index in [9.17, 15) is 4.79 Å². The van der Waals surface area contributed by atoms with Crippen molar-refractivity contribution >= 4 is 33.5 Å². The first-order chi connectivity index (χ1) is 7.40. The van der Waals surface area contributed by atoms with Gasteiger partial charge in [-0.15, -0.1) is 0 Å². The van der Waals surface area contributed by atoms with Crippen molar-refractivity contribution in [1.29, 1.82) is 0 Å². The van der Waals surface area contributed by atoms with E-state index in [0.29, 0.717) is 10.8 Å². The molecule has 0 saturated carbocycles. The molecule has 0 radical (unpaired) electrons. The normalized spacial score (nSPS) is 12.2.